The first-order valence-electron chi connectivity index (χ1n) is 2.33. The molecule has 0 heterocycles. The monoisotopic (exact) mass is 132 g/mol. The molecule has 0 aromatic heterocycles. The molecular formula is C5H8O4. The van der Waals surface area contributed by atoms with Crippen LogP contribution in [0.25, 0.3) is 0 Å². The molecule has 0 rings (SSSR count). The number of carbonyl (C=O) groups excluding carboxylic acids is 1. The highest BCUT2D eigenvalue weighted by molar-refractivity contribution is 5.50. The van der Waals surface area contributed by atoms with Crippen molar-refractivity contribution in [2.45, 2.75) is 6.10 Å². The topological polar surface area (TPSA) is 66.8 Å². The van der Waals surface area contributed by atoms with Crippen LogP contribution in [-0.4, -0.2) is 36.0 Å². The summed E-state index contributed by atoms with van der Waals surface area (Å²) in [5.74, 6) is 0.593. The standard InChI is InChI=1S/C5H8O4/c1-9-5(3-7)4(8)2-6/h5,7-8H,3H2,1H3. The molecule has 0 fully saturated rings. The third-order valence-corrected chi connectivity index (χ3v) is 0.860. The van der Waals surface area contributed by atoms with Crippen LogP contribution >= 0.6 is 0 Å². The summed E-state index contributed by atoms with van der Waals surface area (Å²) in [6.45, 7) is -0.419. The van der Waals surface area contributed by atoms with Crippen molar-refractivity contribution in [3.63, 3.8) is 0 Å². The zero-order chi connectivity index (χ0) is 7.28. The van der Waals surface area contributed by atoms with Crippen molar-refractivity contribution in [3.05, 3.63) is 5.76 Å². The van der Waals surface area contributed by atoms with Crippen molar-refractivity contribution in [1.29, 1.82) is 0 Å². The van der Waals surface area contributed by atoms with Crippen LogP contribution < -0.4 is 0 Å². The van der Waals surface area contributed by atoms with E-state index in [0.29, 0.717) is 0 Å². The molecule has 0 saturated heterocycles. The Labute approximate surface area is 52.4 Å². The Morgan fingerprint density at radius 3 is 2.56 bits per heavy atom. The van der Waals surface area contributed by atoms with Crippen LogP contribution in [0.4, 0.5) is 0 Å². The van der Waals surface area contributed by atoms with Gasteiger partial charge in [-0.1, -0.05) is 0 Å². The molecule has 9 heavy (non-hydrogen) atoms. The van der Waals surface area contributed by atoms with E-state index in [0.717, 1.165) is 0 Å². The zero-order valence-corrected chi connectivity index (χ0v) is 5.00. The van der Waals surface area contributed by atoms with E-state index in [4.69, 9.17) is 10.2 Å². The van der Waals surface area contributed by atoms with Gasteiger partial charge in [-0.25, -0.2) is 4.79 Å². The first kappa shape index (κ1) is 8.17. The third-order valence-electron chi connectivity index (χ3n) is 0.860. The molecule has 0 bridgehead atoms. The van der Waals surface area contributed by atoms with Crippen LogP contribution in [-0.2, 0) is 9.53 Å². The predicted octanol–water partition coefficient (Wildman–Crippen LogP) is -0.733. The van der Waals surface area contributed by atoms with Crippen molar-refractivity contribution in [2.24, 2.45) is 0 Å². The Kier molecular flexibility index (Phi) is 3.71. The van der Waals surface area contributed by atoms with E-state index in [-0.39, 0.29) is 0 Å². The quantitative estimate of drug-likeness (QED) is 0.392. The van der Waals surface area contributed by atoms with E-state index in [1.165, 1.54) is 13.1 Å². The van der Waals surface area contributed by atoms with Gasteiger partial charge in [-0.05, 0) is 0 Å². The lowest BCUT2D eigenvalue weighted by atomic mass is 10.3. The van der Waals surface area contributed by atoms with Gasteiger partial charge in [0.1, 0.15) is 6.10 Å². The summed E-state index contributed by atoms with van der Waals surface area (Å²) < 4.78 is 4.45. The van der Waals surface area contributed by atoms with Crippen molar-refractivity contribution in [3.8, 4) is 0 Å². The molecule has 0 aromatic carbocycles. The summed E-state index contributed by atoms with van der Waals surface area (Å²) >= 11 is 0. The first-order valence-corrected chi connectivity index (χ1v) is 2.33. The van der Waals surface area contributed by atoms with E-state index in [2.05, 4.69) is 4.74 Å². The highest BCUT2D eigenvalue weighted by atomic mass is 16.5. The Morgan fingerprint density at radius 1 is 1.89 bits per heavy atom. The lowest BCUT2D eigenvalue weighted by molar-refractivity contribution is 0.0472. The van der Waals surface area contributed by atoms with E-state index in [9.17, 15) is 4.79 Å². The molecule has 0 aromatic rings. The number of hydrogen-bond donors (Lipinski definition) is 2. The second kappa shape index (κ2) is 4.09. The number of aliphatic hydroxyl groups is 2. The summed E-state index contributed by atoms with van der Waals surface area (Å²) in [5.41, 5.74) is 0. The fourth-order valence-electron chi connectivity index (χ4n) is 0.338. The Bertz CT molecular complexity index is 121. The molecule has 2 N–H and O–H groups in total. The van der Waals surface area contributed by atoms with Gasteiger partial charge in [-0.15, -0.1) is 0 Å². The summed E-state index contributed by atoms with van der Waals surface area (Å²) in [4.78, 5) is 9.66. The van der Waals surface area contributed by atoms with E-state index in [1.807, 2.05) is 0 Å². The average Bonchev–Trinajstić information content (AvgIpc) is 1.90. The second-order valence-electron chi connectivity index (χ2n) is 1.39. The van der Waals surface area contributed by atoms with Gasteiger partial charge in [-0.3, -0.25) is 0 Å². The van der Waals surface area contributed by atoms with Gasteiger partial charge in [0.25, 0.3) is 0 Å². The second-order valence-corrected chi connectivity index (χ2v) is 1.39. The van der Waals surface area contributed by atoms with Crippen LogP contribution in [0.15, 0.2) is 5.76 Å². The van der Waals surface area contributed by atoms with Crippen molar-refractivity contribution in [2.75, 3.05) is 13.7 Å². The van der Waals surface area contributed by atoms with Gasteiger partial charge < -0.3 is 14.9 Å². The van der Waals surface area contributed by atoms with Gasteiger partial charge in [0, 0.05) is 7.11 Å². The van der Waals surface area contributed by atoms with Gasteiger partial charge in [0.15, 0.2) is 5.94 Å². The molecule has 0 aliphatic carbocycles. The lowest BCUT2D eigenvalue weighted by Crippen LogP contribution is -2.18. The third kappa shape index (κ3) is 2.28. The molecule has 0 aliphatic rings. The van der Waals surface area contributed by atoms with Crippen LogP contribution in [0.5, 0.6) is 0 Å². The minimum atomic E-state index is -0.928. The number of ether oxygens (including phenoxy) is 1. The minimum absolute atomic E-state index is 0.419. The molecule has 1 unspecified atom stereocenters. The maximum absolute atomic E-state index is 9.66. The van der Waals surface area contributed by atoms with E-state index < -0.39 is 18.5 Å². The largest absolute Gasteiger partial charge is 0.500 e. The molecule has 4 heteroatoms. The van der Waals surface area contributed by atoms with Crippen LogP contribution in [0.3, 0.4) is 0 Å². The highest BCUT2D eigenvalue weighted by Crippen LogP contribution is 1.95. The van der Waals surface area contributed by atoms with Gasteiger partial charge in [0.2, 0.25) is 5.76 Å². The molecule has 0 radical (unpaired) electrons. The number of aliphatic hydroxyl groups excluding tert-OH is 2. The Hall–Kier alpha value is -0.830. The lowest BCUT2D eigenvalue weighted by Gasteiger charge is -2.06. The fraction of sp³-hybridized carbons (Fsp3) is 0.600. The van der Waals surface area contributed by atoms with E-state index in [1.54, 1.807) is 0 Å². The molecule has 52 valence electrons. The fourth-order valence-corrected chi connectivity index (χ4v) is 0.338. The molecule has 4 nitrogen and oxygen atoms in total. The summed E-state index contributed by atoms with van der Waals surface area (Å²) in [7, 11) is 1.27. The molecule has 1 atom stereocenters. The van der Waals surface area contributed by atoms with Gasteiger partial charge in [-0.2, -0.15) is 0 Å². The Morgan fingerprint density at radius 2 is 2.44 bits per heavy atom. The number of rotatable bonds is 3. The molecule has 0 saturated carbocycles. The molecule has 0 aliphatic heterocycles. The maximum atomic E-state index is 9.66. The van der Waals surface area contributed by atoms with Crippen LogP contribution in [0, 0.1) is 0 Å². The van der Waals surface area contributed by atoms with E-state index >= 15 is 0 Å². The maximum Gasteiger partial charge on any atom is 0.208 e. The smallest absolute Gasteiger partial charge is 0.208 e. The number of hydrogen-bond acceptors (Lipinski definition) is 4. The molecule has 0 amide bonds. The Balaban J connectivity index is 3.95. The summed E-state index contributed by atoms with van der Waals surface area (Å²) in [5, 5.41) is 16.9. The highest BCUT2D eigenvalue weighted by Gasteiger charge is 2.10. The molecular weight excluding hydrogens is 124 g/mol. The normalized spacial score (nSPS) is 12.2. The van der Waals surface area contributed by atoms with Crippen LogP contribution in [0.2, 0.25) is 0 Å². The van der Waals surface area contributed by atoms with Crippen molar-refractivity contribution in [1.82, 2.24) is 0 Å². The first-order chi connectivity index (χ1) is 4.26. The van der Waals surface area contributed by atoms with Crippen LogP contribution in [0.1, 0.15) is 0 Å². The van der Waals surface area contributed by atoms with Gasteiger partial charge >= 0.3 is 0 Å². The average molecular weight is 132 g/mol. The SMILES string of the molecule is COC(CO)C(O)=C=O. The van der Waals surface area contributed by atoms with Gasteiger partial charge in [0.05, 0.1) is 6.61 Å². The van der Waals surface area contributed by atoms with Crippen molar-refractivity contribution >= 4 is 5.94 Å². The zero-order valence-electron chi connectivity index (χ0n) is 5.00. The molecule has 0 spiro atoms. The summed E-state index contributed by atoms with van der Waals surface area (Å²) in [6.07, 6.45) is -0.928. The number of methoxy groups -OCH3 is 1. The predicted molar refractivity (Wildman–Crippen MR) is 29.7 cm³/mol. The summed E-state index contributed by atoms with van der Waals surface area (Å²) in [6, 6.07) is 0. The minimum Gasteiger partial charge on any atom is -0.500 e. The van der Waals surface area contributed by atoms with Crippen molar-refractivity contribution < 1.29 is 19.7 Å².